The molecular weight excluding hydrogens is 505 g/mol. The summed E-state index contributed by atoms with van der Waals surface area (Å²) in [5, 5.41) is 4.44. The fraction of sp³-hybridized carbons (Fsp3) is 0.214. The molecule has 2 aliphatic rings. The lowest BCUT2D eigenvalue weighted by Gasteiger charge is -2.42. The van der Waals surface area contributed by atoms with Crippen molar-refractivity contribution >= 4 is 21.9 Å². The van der Waals surface area contributed by atoms with Crippen LogP contribution in [0.25, 0.3) is 11.8 Å². The first-order valence-corrected chi connectivity index (χ1v) is 13.7. The monoisotopic (exact) mass is 529 g/mol. The Labute approximate surface area is 219 Å². The number of carbonyl (C=O) groups excluding carboxylic acids is 1. The van der Waals surface area contributed by atoms with Gasteiger partial charge in [0.15, 0.2) is 10.8 Å². The van der Waals surface area contributed by atoms with Gasteiger partial charge in [-0.05, 0) is 79.9 Å². The number of hydrogen-bond donors (Lipinski definition) is 0. The molecule has 0 bridgehead atoms. The molecule has 3 aromatic heterocycles. The Morgan fingerprint density at radius 2 is 1.87 bits per heavy atom. The van der Waals surface area contributed by atoms with Gasteiger partial charge in [-0.2, -0.15) is 9.40 Å². The summed E-state index contributed by atoms with van der Waals surface area (Å²) in [5.41, 5.74) is 4.21. The van der Waals surface area contributed by atoms with Crippen molar-refractivity contribution in [2.24, 2.45) is 5.92 Å². The summed E-state index contributed by atoms with van der Waals surface area (Å²) in [6.07, 6.45) is 6.13. The maximum absolute atomic E-state index is 13.9. The Balaban J connectivity index is 1.43. The van der Waals surface area contributed by atoms with Crippen molar-refractivity contribution in [3.8, 4) is 5.69 Å². The lowest BCUT2D eigenvalue weighted by atomic mass is 9.76. The molecule has 1 aliphatic heterocycles. The Kier molecular flexibility index (Phi) is 6.00. The second-order valence-electron chi connectivity index (χ2n) is 9.48. The largest absolute Gasteiger partial charge is 0.291 e. The number of nitrogens with zero attached hydrogens (tertiary/aromatic N) is 5. The molecule has 1 unspecified atom stereocenters. The van der Waals surface area contributed by atoms with Crippen LogP contribution in [0.15, 0.2) is 83.7 Å². The third kappa shape index (κ3) is 4.15. The molecule has 0 saturated carbocycles. The van der Waals surface area contributed by atoms with Gasteiger partial charge in [-0.15, -0.1) is 0 Å². The molecule has 1 aliphatic carbocycles. The van der Waals surface area contributed by atoms with Crippen molar-refractivity contribution in [3.05, 3.63) is 107 Å². The van der Waals surface area contributed by atoms with Gasteiger partial charge in [-0.25, -0.2) is 22.5 Å². The van der Waals surface area contributed by atoms with Gasteiger partial charge in [-0.1, -0.05) is 17.7 Å². The van der Waals surface area contributed by atoms with E-state index in [-0.39, 0.29) is 28.9 Å². The lowest BCUT2D eigenvalue weighted by Crippen LogP contribution is -2.54. The Hall–Kier alpha value is -4.02. The fourth-order valence-electron chi connectivity index (χ4n) is 5.32. The molecule has 4 aromatic rings. The van der Waals surface area contributed by atoms with E-state index in [2.05, 4.69) is 15.1 Å². The van der Waals surface area contributed by atoms with Crippen molar-refractivity contribution in [3.63, 3.8) is 0 Å². The minimum atomic E-state index is -4.07. The first-order chi connectivity index (χ1) is 18.3. The van der Waals surface area contributed by atoms with Crippen LogP contribution in [0.1, 0.15) is 33.9 Å². The molecule has 4 heterocycles. The number of halogens is 1. The first kappa shape index (κ1) is 24.3. The number of sulfonamides is 1. The number of fused-ring (bicyclic) bond motifs is 2. The molecule has 0 radical (unpaired) electrons. The third-order valence-corrected chi connectivity index (χ3v) is 8.91. The fourth-order valence-corrected chi connectivity index (χ4v) is 6.94. The van der Waals surface area contributed by atoms with E-state index < -0.39 is 22.0 Å². The number of pyridine rings is 2. The molecule has 10 heteroatoms. The maximum Gasteiger partial charge on any atom is 0.261 e. The summed E-state index contributed by atoms with van der Waals surface area (Å²) in [6.45, 7) is 1.86. The van der Waals surface area contributed by atoms with Crippen LogP contribution in [0.3, 0.4) is 0 Å². The van der Waals surface area contributed by atoms with E-state index in [0.29, 0.717) is 18.5 Å². The Morgan fingerprint density at radius 1 is 1.05 bits per heavy atom. The topological polar surface area (TPSA) is 98.1 Å². The van der Waals surface area contributed by atoms with E-state index in [9.17, 15) is 17.6 Å². The summed E-state index contributed by atoms with van der Waals surface area (Å²) in [6, 6.07) is 15.0. The normalized spacial score (nSPS) is 19.4. The van der Waals surface area contributed by atoms with Gasteiger partial charge >= 0.3 is 0 Å². The van der Waals surface area contributed by atoms with E-state index in [1.165, 1.54) is 28.7 Å². The zero-order chi connectivity index (χ0) is 26.4. The van der Waals surface area contributed by atoms with Crippen LogP contribution in [-0.4, -0.2) is 50.8 Å². The Bertz CT molecular complexity index is 1670. The maximum atomic E-state index is 13.9. The molecule has 192 valence electrons. The van der Waals surface area contributed by atoms with Crippen LogP contribution in [0.4, 0.5) is 4.39 Å². The highest BCUT2D eigenvalue weighted by atomic mass is 32.2. The zero-order valence-corrected chi connectivity index (χ0v) is 21.3. The quantitative estimate of drug-likeness (QED) is 0.363. The van der Waals surface area contributed by atoms with Crippen LogP contribution in [0.5, 0.6) is 0 Å². The van der Waals surface area contributed by atoms with E-state index >= 15 is 0 Å². The third-order valence-electron chi connectivity index (χ3n) is 7.13. The minimum absolute atomic E-state index is 0.0793. The number of benzene rings is 1. The highest BCUT2D eigenvalue weighted by molar-refractivity contribution is 7.89. The molecule has 38 heavy (non-hydrogen) atoms. The zero-order valence-electron chi connectivity index (χ0n) is 20.5. The number of ketones is 1. The number of aromatic nitrogens is 4. The van der Waals surface area contributed by atoms with Crippen molar-refractivity contribution in [1.82, 2.24) is 24.1 Å². The van der Waals surface area contributed by atoms with E-state index in [0.717, 1.165) is 22.5 Å². The van der Waals surface area contributed by atoms with Crippen LogP contribution in [-0.2, 0) is 16.4 Å². The predicted octanol–water partition coefficient (Wildman–Crippen LogP) is 4.01. The molecule has 1 fully saturated rings. The van der Waals surface area contributed by atoms with Gasteiger partial charge in [0.25, 0.3) is 10.0 Å². The van der Waals surface area contributed by atoms with Gasteiger partial charge in [0.2, 0.25) is 0 Å². The number of carbonyl (C=O) groups is 1. The molecule has 1 aromatic carbocycles. The summed E-state index contributed by atoms with van der Waals surface area (Å²) >= 11 is 0. The van der Waals surface area contributed by atoms with Gasteiger partial charge in [-0.3, -0.25) is 9.78 Å². The predicted molar refractivity (Wildman–Crippen MR) is 139 cm³/mol. The van der Waals surface area contributed by atoms with Gasteiger partial charge < -0.3 is 0 Å². The molecule has 6 rings (SSSR count). The lowest BCUT2D eigenvalue weighted by molar-refractivity contribution is 0.0821. The second-order valence-corrected chi connectivity index (χ2v) is 11.3. The molecule has 8 nitrogen and oxygen atoms in total. The molecule has 0 N–H and O–H groups in total. The smallest absolute Gasteiger partial charge is 0.261 e. The number of piperidine rings is 1. The highest BCUT2D eigenvalue weighted by Crippen LogP contribution is 2.41. The molecule has 2 atom stereocenters. The molecular formula is C28H24FN5O3S. The summed E-state index contributed by atoms with van der Waals surface area (Å²) in [4.78, 5) is 22.4. The number of aryl methyl sites for hydroxylation is 1. The van der Waals surface area contributed by atoms with Crippen molar-refractivity contribution in [2.45, 2.75) is 30.8 Å². The second kappa shape index (κ2) is 9.38. The number of hydrogen-bond acceptors (Lipinski definition) is 6. The van der Waals surface area contributed by atoms with Crippen LogP contribution < -0.4 is 0 Å². The van der Waals surface area contributed by atoms with E-state index in [1.54, 1.807) is 60.3 Å². The summed E-state index contributed by atoms with van der Waals surface area (Å²) in [7, 11) is -4.07. The van der Waals surface area contributed by atoms with Crippen molar-refractivity contribution < 1.29 is 17.6 Å². The number of Topliss-reactive ketones (excluding diaryl/α,β-unsaturated/α-hetero) is 1. The van der Waals surface area contributed by atoms with Gasteiger partial charge in [0.05, 0.1) is 23.6 Å². The number of rotatable bonds is 5. The van der Waals surface area contributed by atoms with Crippen molar-refractivity contribution in [1.29, 1.82) is 0 Å². The van der Waals surface area contributed by atoms with Gasteiger partial charge in [0.1, 0.15) is 11.5 Å². The van der Waals surface area contributed by atoms with E-state index in [4.69, 9.17) is 0 Å². The molecule has 1 saturated heterocycles. The highest BCUT2D eigenvalue weighted by Gasteiger charge is 2.47. The average molecular weight is 530 g/mol. The van der Waals surface area contributed by atoms with E-state index in [1.807, 2.05) is 6.08 Å². The first-order valence-electron chi connectivity index (χ1n) is 12.3. The van der Waals surface area contributed by atoms with Crippen molar-refractivity contribution in [2.75, 3.05) is 6.54 Å². The van der Waals surface area contributed by atoms with Crippen LogP contribution >= 0.6 is 0 Å². The van der Waals surface area contributed by atoms with Crippen LogP contribution in [0, 0.1) is 18.7 Å². The summed E-state index contributed by atoms with van der Waals surface area (Å²) in [5.74, 6) is -1.08. The molecule has 0 spiro atoms. The van der Waals surface area contributed by atoms with Gasteiger partial charge in [0, 0.05) is 24.4 Å². The molecule has 0 amide bonds. The Morgan fingerprint density at radius 3 is 2.61 bits per heavy atom. The van der Waals surface area contributed by atoms with Crippen LogP contribution in [0.2, 0.25) is 0 Å². The average Bonchev–Trinajstić information content (AvgIpc) is 3.34. The minimum Gasteiger partial charge on any atom is -0.291 e. The standard InChI is InChI=1S/C28H24FN5O3S/c1-18-5-4-7-26(32-18)38(36,37)33-14-12-19-16-25-20(17-31-34(25)22-10-8-21(29)9-11-22)15-23(19)27(33)28(35)24-6-2-3-13-30-24/h2-11,13,16-17,23,27H,12,14-15H2,1H3/t23?,27-/m0/s1. The SMILES string of the molecule is Cc1cccc(S(=O)(=O)N2CCC3=Cc4c(cnn4-c4ccc(F)cc4)CC3[C@H]2C(=O)c2ccccn2)n1. The summed E-state index contributed by atoms with van der Waals surface area (Å²) < 4.78 is 44.2.